The fraction of sp³-hybridized carbons (Fsp3) is 0.167. The number of nitrogens with zero attached hydrogens (tertiary/aromatic N) is 1. The summed E-state index contributed by atoms with van der Waals surface area (Å²) >= 11 is 1.84. The zero-order valence-corrected chi connectivity index (χ0v) is 12.9. The number of benzene rings is 2. The summed E-state index contributed by atoms with van der Waals surface area (Å²) < 4.78 is 0. The molecule has 0 unspecified atom stereocenters. The average molecular weight is 294 g/mol. The fourth-order valence-electron chi connectivity index (χ4n) is 2.27. The van der Waals surface area contributed by atoms with Crippen molar-refractivity contribution in [1.82, 2.24) is 4.98 Å². The number of thioether (sulfide) groups is 1. The first-order valence-corrected chi connectivity index (χ1v) is 8.16. The molecule has 2 nitrogen and oxygen atoms in total. The van der Waals surface area contributed by atoms with Gasteiger partial charge in [-0.05, 0) is 31.2 Å². The summed E-state index contributed by atoms with van der Waals surface area (Å²) in [7, 11) is 0. The monoisotopic (exact) mass is 294 g/mol. The second-order valence-electron chi connectivity index (χ2n) is 4.82. The Labute approximate surface area is 129 Å². The van der Waals surface area contributed by atoms with Crippen LogP contribution < -0.4 is 5.32 Å². The Kier molecular flexibility index (Phi) is 4.41. The van der Waals surface area contributed by atoms with Crippen LogP contribution in [-0.2, 0) is 5.75 Å². The maximum absolute atomic E-state index is 4.75. The third-order valence-corrected chi connectivity index (χ3v) is 4.35. The van der Waals surface area contributed by atoms with E-state index in [1.165, 1.54) is 15.8 Å². The van der Waals surface area contributed by atoms with Crippen LogP contribution in [0.5, 0.6) is 0 Å². The first-order chi connectivity index (χ1) is 10.4. The standard InChI is InChI=1S/C18H18N2S/c1-2-19-18-15(13-21-16-9-4-3-5-10-16)12-14-8-6-7-11-17(14)20-18/h3-12H,2,13H2,1H3,(H,19,20). The number of hydrogen-bond acceptors (Lipinski definition) is 3. The van der Waals surface area contributed by atoms with Crippen molar-refractivity contribution >= 4 is 28.5 Å². The molecule has 3 aromatic rings. The maximum Gasteiger partial charge on any atom is 0.130 e. The van der Waals surface area contributed by atoms with E-state index in [9.17, 15) is 0 Å². The molecule has 0 aliphatic carbocycles. The van der Waals surface area contributed by atoms with Crippen LogP contribution in [0.1, 0.15) is 12.5 Å². The number of pyridine rings is 1. The maximum atomic E-state index is 4.75. The van der Waals surface area contributed by atoms with Gasteiger partial charge in [-0.2, -0.15) is 0 Å². The van der Waals surface area contributed by atoms with Gasteiger partial charge in [0, 0.05) is 28.1 Å². The van der Waals surface area contributed by atoms with E-state index in [4.69, 9.17) is 4.98 Å². The molecule has 1 heterocycles. The van der Waals surface area contributed by atoms with Gasteiger partial charge >= 0.3 is 0 Å². The molecule has 1 aromatic heterocycles. The van der Waals surface area contributed by atoms with Crippen LogP contribution in [-0.4, -0.2) is 11.5 Å². The number of nitrogens with one attached hydrogen (secondary N) is 1. The Morgan fingerprint density at radius 3 is 2.57 bits per heavy atom. The normalized spacial score (nSPS) is 10.7. The molecule has 0 amide bonds. The molecule has 0 bridgehead atoms. The zero-order valence-electron chi connectivity index (χ0n) is 12.0. The molecule has 106 valence electrons. The van der Waals surface area contributed by atoms with Gasteiger partial charge in [0.1, 0.15) is 5.82 Å². The highest BCUT2D eigenvalue weighted by atomic mass is 32.2. The number of hydrogen-bond donors (Lipinski definition) is 1. The predicted molar refractivity (Wildman–Crippen MR) is 91.9 cm³/mol. The smallest absolute Gasteiger partial charge is 0.130 e. The lowest BCUT2D eigenvalue weighted by molar-refractivity contribution is 1.15. The van der Waals surface area contributed by atoms with Crippen molar-refractivity contribution in [2.75, 3.05) is 11.9 Å². The highest BCUT2D eigenvalue weighted by Gasteiger charge is 2.07. The van der Waals surface area contributed by atoms with Gasteiger partial charge in [0.2, 0.25) is 0 Å². The van der Waals surface area contributed by atoms with E-state index in [-0.39, 0.29) is 0 Å². The van der Waals surface area contributed by atoms with Crippen molar-refractivity contribution in [3.8, 4) is 0 Å². The van der Waals surface area contributed by atoms with Crippen molar-refractivity contribution in [2.45, 2.75) is 17.6 Å². The molecule has 0 saturated carbocycles. The molecule has 0 saturated heterocycles. The lowest BCUT2D eigenvalue weighted by atomic mass is 10.1. The van der Waals surface area contributed by atoms with Crippen LogP contribution in [0.4, 0.5) is 5.82 Å². The molecular formula is C18H18N2S. The summed E-state index contributed by atoms with van der Waals surface area (Å²) in [5.41, 5.74) is 2.30. The highest BCUT2D eigenvalue weighted by molar-refractivity contribution is 7.98. The minimum atomic E-state index is 0.883. The average Bonchev–Trinajstić information content (AvgIpc) is 2.54. The van der Waals surface area contributed by atoms with Crippen LogP contribution in [0.15, 0.2) is 65.6 Å². The summed E-state index contributed by atoms with van der Waals surface area (Å²) in [6.07, 6.45) is 0. The second-order valence-corrected chi connectivity index (χ2v) is 5.87. The van der Waals surface area contributed by atoms with E-state index < -0.39 is 0 Å². The third kappa shape index (κ3) is 3.37. The molecule has 21 heavy (non-hydrogen) atoms. The van der Waals surface area contributed by atoms with Gasteiger partial charge in [-0.3, -0.25) is 0 Å². The summed E-state index contributed by atoms with van der Waals surface area (Å²) in [6, 6.07) is 21.0. The topological polar surface area (TPSA) is 24.9 Å². The molecule has 1 N–H and O–H groups in total. The van der Waals surface area contributed by atoms with E-state index in [1.54, 1.807) is 0 Å². The minimum absolute atomic E-state index is 0.883. The van der Waals surface area contributed by atoms with Crippen LogP contribution in [0, 0.1) is 0 Å². The number of para-hydroxylation sites is 1. The van der Waals surface area contributed by atoms with Crippen molar-refractivity contribution in [2.24, 2.45) is 0 Å². The van der Waals surface area contributed by atoms with Crippen LogP contribution >= 0.6 is 11.8 Å². The van der Waals surface area contributed by atoms with Crippen molar-refractivity contribution < 1.29 is 0 Å². The van der Waals surface area contributed by atoms with Crippen molar-refractivity contribution in [1.29, 1.82) is 0 Å². The molecule has 0 radical (unpaired) electrons. The van der Waals surface area contributed by atoms with E-state index >= 15 is 0 Å². The minimum Gasteiger partial charge on any atom is -0.370 e. The predicted octanol–water partition coefficient (Wildman–Crippen LogP) is 4.96. The molecule has 0 aliphatic rings. The highest BCUT2D eigenvalue weighted by Crippen LogP contribution is 2.28. The largest absolute Gasteiger partial charge is 0.370 e. The lowest BCUT2D eigenvalue weighted by Gasteiger charge is -2.11. The Balaban J connectivity index is 1.90. The van der Waals surface area contributed by atoms with Crippen LogP contribution in [0.3, 0.4) is 0 Å². The van der Waals surface area contributed by atoms with Gasteiger partial charge in [0.25, 0.3) is 0 Å². The Bertz CT molecular complexity index is 726. The van der Waals surface area contributed by atoms with Crippen molar-refractivity contribution in [3.63, 3.8) is 0 Å². The molecule has 0 spiro atoms. The number of rotatable bonds is 5. The van der Waals surface area contributed by atoms with Gasteiger partial charge < -0.3 is 5.32 Å². The third-order valence-electron chi connectivity index (χ3n) is 3.28. The Hall–Kier alpha value is -2.00. The van der Waals surface area contributed by atoms with Gasteiger partial charge in [0.15, 0.2) is 0 Å². The molecular weight excluding hydrogens is 276 g/mol. The second kappa shape index (κ2) is 6.64. The quantitative estimate of drug-likeness (QED) is 0.673. The molecule has 0 fully saturated rings. The van der Waals surface area contributed by atoms with E-state index in [1.807, 2.05) is 23.9 Å². The fourth-order valence-corrected chi connectivity index (χ4v) is 3.16. The number of fused-ring (bicyclic) bond motifs is 1. The van der Waals surface area contributed by atoms with E-state index in [0.717, 1.165) is 23.6 Å². The number of anilines is 1. The molecule has 2 aromatic carbocycles. The van der Waals surface area contributed by atoms with Crippen LogP contribution in [0.2, 0.25) is 0 Å². The first kappa shape index (κ1) is 14.0. The Morgan fingerprint density at radius 1 is 1.00 bits per heavy atom. The van der Waals surface area contributed by atoms with Gasteiger partial charge in [0.05, 0.1) is 5.52 Å². The summed E-state index contributed by atoms with van der Waals surface area (Å²) in [6.45, 7) is 2.99. The summed E-state index contributed by atoms with van der Waals surface area (Å²) in [5, 5.41) is 4.58. The molecule has 3 heteroatoms. The SMILES string of the molecule is CCNc1nc2ccccc2cc1CSc1ccccc1. The van der Waals surface area contributed by atoms with Crippen LogP contribution in [0.25, 0.3) is 10.9 Å². The van der Waals surface area contributed by atoms with Gasteiger partial charge in [-0.1, -0.05) is 36.4 Å². The summed E-state index contributed by atoms with van der Waals surface area (Å²) in [4.78, 5) is 6.04. The molecule has 0 aliphatic heterocycles. The Morgan fingerprint density at radius 2 is 1.76 bits per heavy atom. The van der Waals surface area contributed by atoms with E-state index in [2.05, 4.69) is 60.8 Å². The van der Waals surface area contributed by atoms with Crippen molar-refractivity contribution in [3.05, 3.63) is 66.2 Å². The molecule has 0 atom stereocenters. The molecule has 3 rings (SSSR count). The van der Waals surface area contributed by atoms with Gasteiger partial charge in [-0.25, -0.2) is 4.98 Å². The van der Waals surface area contributed by atoms with E-state index in [0.29, 0.717) is 0 Å². The lowest BCUT2D eigenvalue weighted by Crippen LogP contribution is -2.03. The summed E-state index contributed by atoms with van der Waals surface area (Å²) in [5.74, 6) is 1.92. The van der Waals surface area contributed by atoms with Gasteiger partial charge in [-0.15, -0.1) is 11.8 Å². The zero-order chi connectivity index (χ0) is 14.5. The number of aromatic nitrogens is 1. The first-order valence-electron chi connectivity index (χ1n) is 7.17.